The van der Waals surface area contributed by atoms with Gasteiger partial charge in [-0.15, -0.1) is 0 Å². The molecule has 0 radical (unpaired) electrons. The molecule has 90 valence electrons. The highest BCUT2D eigenvalue weighted by Gasteiger charge is 2.34. The largest absolute Gasteiger partial charge is 0.395 e. The Bertz CT molecular complexity index is 304. The maximum atomic E-state index is 11.6. The monoisotopic (exact) mass is 245 g/mol. The zero-order valence-corrected chi connectivity index (χ0v) is 9.63. The fourth-order valence-electron chi connectivity index (χ4n) is 1.32. The molecular formula is C9H15N3O3S. The summed E-state index contributed by atoms with van der Waals surface area (Å²) >= 11 is 4.58. The van der Waals surface area contributed by atoms with E-state index < -0.39 is 11.8 Å². The minimum absolute atomic E-state index is 0.0114. The van der Waals surface area contributed by atoms with Crippen LogP contribution in [0.2, 0.25) is 0 Å². The molecule has 1 fully saturated rings. The van der Waals surface area contributed by atoms with E-state index in [2.05, 4.69) is 17.5 Å². The van der Waals surface area contributed by atoms with E-state index in [-0.39, 0.29) is 30.7 Å². The molecule has 0 aliphatic heterocycles. The predicted octanol–water partition coefficient (Wildman–Crippen LogP) is -1.63. The lowest BCUT2D eigenvalue weighted by atomic mass is 10.4. The molecule has 4 N–H and O–H groups in total. The van der Waals surface area contributed by atoms with Crippen LogP contribution < -0.4 is 11.1 Å². The van der Waals surface area contributed by atoms with Gasteiger partial charge in [0.15, 0.2) is 0 Å². The summed E-state index contributed by atoms with van der Waals surface area (Å²) in [5.74, 6) is -1.36. The number of thiocarbonyl (C=S) groups is 1. The summed E-state index contributed by atoms with van der Waals surface area (Å²) in [6.07, 6.45) is 1.77. The first kappa shape index (κ1) is 12.9. The van der Waals surface area contributed by atoms with Crippen molar-refractivity contribution in [3.63, 3.8) is 0 Å². The van der Waals surface area contributed by atoms with E-state index in [0.717, 1.165) is 12.8 Å². The van der Waals surface area contributed by atoms with Gasteiger partial charge < -0.3 is 21.1 Å². The maximum Gasteiger partial charge on any atom is 0.312 e. The summed E-state index contributed by atoms with van der Waals surface area (Å²) in [5, 5.41) is 11.1. The predicted molar refractivity (Wildman–Crippen MR) is 61.6 cm³/mol. The average Bonchev–Trinajstić information content (AvgIpc) is 3.05. The molecule has 1 aliphatic rings. The van der Waals surface area contributed by atoms with Gasteiger partial charge in [-0.25, -0.2) is 0 Å². The summed E-state index contributed by atoms with van der Waals surface area (Å²) in [6, 6.07) is 0.0928. The summed E-state index contributed by atoms with van der Waals surface area (Å²) < 4.78 is 0. The zero-order valence-electron chi connectivity index (χ0n) is 8.81. The molecule has 1 rings (SSSR count). The van der Waals surface area contributed by atoms with E-state index >= 15 is 0 Å². The molecule has 0 unspecified atom stereocenters. The Balaban J connectivity index is 2.46. The summed E-state index contributed by atoms with van der Waals surface area (Å²) in [7, 11) is 0. The second-order valence-corrected chi connectivity index (χ2v) is 4.13. The fraction of sp³-hybridized carbons (Fsp3) is 0.667. The van der Waals surface area contributed by atoms with Crippen LogP contribution in [0.1, 0.15) is 12.8 Å². The van der Waals surface area contributed by atoms with Crippen LogP contribution in [-0.2, 0) is 9.59 Å². The van der Waals surface area contributed by atoms with Crippen LogP contribution in [0.4, 0.5) is 0 Å². The second-order valence-electron chi connectivity index (χ2n) is 3.60. The van der Waals surface area contributed by atoms with Crippen LogP contribution >= 0.6 is 12.2 Å². The summed E-state index contributed by atoms with van der Waals surface area (Å²) in [4.78, 5) is 24.6. The third-order valence-corrected chi connectivity index (χ3v) is 2.35. The molecule has 6 nitrogen and oxygen atoms in total. The van der Waals surface area contributed by atoms with Crippen molar-refractivity contribution in [2.24, 2.45) is 5.73 Å². The van der Waals surface area contributed by atoms with E-state index in [1.54, 1.807) is 0 Å². The van der Waals surface area contributed by atoms with Gasteiger partial charge in [-0.2, -0.15) is 0 Å². The number of hydrogen-bond donors (Lipinski definition) is 3. The number of rotatable bonds is 5. The van der Waals surface area contributed by atoms with E-state index in [1.165, 1.54) is 4.90 Å². The first-order chi connectivity index (χ1) is 7.56. The number of carbonyl (C=O) groups is 2. The molecule has 0 atom stereocenters. The van der Waals surface area contributed by atoms with Crippen LogP contribution in [0.25, 0.3) is 0 Å². The number of nitrogens with zero attached hydrogens (tertiary/aromatic N) is 1. The van der Waals surface area contributed by atoms with Gasteiger partial charge in [-0.05, 0) is 12.8 Å². The highest BCUT2D eigenvalue weighted by Crippen LogP contribution is 2.26. The number of aliphatic hydroxyl groups is 1. The van der Waals surface area contributed by atoms with Crippen molar-refractivity contribution in [3.05, 3.63) is 0 Å². The van der Waals surface area contributed by atoms with Crippen molar-refractivity contribution in [1.29, 1.82) is 0 Å². The van der Waals surface area contributed by atoms with Crippen LogP contribution in [0.5, 0.6) is 0 Å². The number of carbonyl (C=O) groups excluding carboxylic acids is 2. The van der Waals surface area contributed by atoms with Crippen molar-refractivity contribution in [2.45, 2.75) is 18.9 Å². The van der Waals surface area contributed by atoms with Crippen molar-refractivity contribution in [1.82, 2.24) is 10.2 Å². The maximum absolute atomic E-state index is 11.6. The number of hydrogen-bond acceptors (Lipinski definition) is 4. The Morgan fingerprint density at radius 3 is 2.56 bits per heavy atom. The number of nitrogens with one attached hydrogen (secondary N) is 1. The third-order valence-electron chi connectivity index (χ3n) is 2.21. The van der Waals surface area contributed by atoms with E-state index in [9.17, 15) is 9.59 Å². The van der Waals surface area contributed by atoms with E-state index in [1.807, 2.05) is 0 Å². The Hall–Kier alpha value is -1.21. The van der Waals surface area contributed by atoms with Gasteiger partial charge in [0.25, 0.3) is 0 Å². The van der Waals surface area contributed by atoms with Crippen LogP contribution in [0.3, 0.4) is 0 Å². The van der Waals surface area contributed by atoms with E-state index in [0.29, 0.717) is 0 Å². The standard InChI is InChI=1S/C9H15N3O3S/c10-7(16)5-11-8(14)9(15)12(3-4-13)6-1-2-6/h6,13H,1-5H2,(H2,10,16)(H,11,14). The Morgan fingerprint density at radius 2 is 2.12 bits per heavy atom. The topological polar surface area (TPSA) is 95.7 Å². The van der Waals surface area contributed by atoms with E-state index in [4.69, 9.17) is 10.8 Å². The molecular weight excluding hydrogens is 230 g/mol. The molecule has 0 aromatic carbocycles. The first-order valence-electron chi connectivity index (χ1n) is 5.04. The average molecular weight is 245 g/mol. The molecule has 0 saturated heterocycles. The van der Waals surface area contributed by atoms with Gasteiger partial charge in [-0.3, -0.25) is 9.59 Å². The molecule has 7 heteroatoms. The highest BCUT2D eigenvalue weighted by atomic mass is 32.1. The van der Waals surface area contributed by atoms with Crippen LogP contribution in [0, 0.1) is 0 Å². The minimum Gasteiger partial charge on any atom is -0.395 e. The van der Waals surface area contributed by atoms with Gasteiger partial charge in [0, 0.05) is 12.6 Å². The van der Waals surface area contributed by atoms with Gasteiger partial charge in [0.05, 0.1) is 18.1 Å². The van der Waals surface area contributed by atoms with Crippen LogP contribution in [-0.4, -0.2) is 52.5 Å². The van der Waals surface area contributed by atoms with Gasteiger partial charge in [-0.1, -0.05) is 12.2 Å². The third kappa shape index (κ3) is 3.74. The minimum atomic E-state index is -0.729. The van der Waals surface area contributed by atoms with Crippen molar-refractivity contribution in [3.8, 4) is 0 Å². The molecule has 0 bridgehead atoms. The van der Waals surface area contributed by atoms with Gasteiger partial charge in [0.2, 0.25) is 0 Å². The SMILES string of the molecule is NC(=S)CNC(=O)C(=O)N(CCO)C1CC1. The lowest BCUT2D eigenvalue weighted by Gasteiger charge is -2.20. The Morgan fingerprint density at radius 1 is 1.50 bits per heavy atom. The van der Waals surface area contributed by atoms with Crippen LogP contribution in [0.15, 0.2) is 0 Å². The Kier molecular flexibility index (Phi) is 4.63. The zero-order chi connectivity index (χ0) is 12.1. The number of nitrogens with two attached hydrogens (primary N) is 1. The summed E-state index contributed by atoms with van der Waals surface area (Å²) in [6.45, 7) is 0.0480. The quantitative estimate of drug-likeness (QED) is 0.399. The fourth-order valence-corrected chi connectivity index (χ4v) is 1.39. The Labute approximate surface area is 98.8 Å². The lowest BCUT2D eigenvalue weighted by molar-refractivity contribution is -0.146. The summed E-state index contributed by atoms with van der Waals surface area (Å²) in [5.41, 5.74) is 5.20. The lowest BCUT2D eigenvalue weighted by Crippen LogP contribution is -2.46. The normalized spacial score (nSPS) is 14.3. The highest BCUT2D eigenvalue weighted by molar-refractivity contribution is 7.80. The molecule has 0 aromatic heterocycles. The van der Waals surface area contributed by atoms with Crippen molar-refractivity contribution in [2.75, 3.05) is 19.7 Å². The molecule has 2 amide bonds. The van der Waals surface area contributed by atoms with Gasteiger partial charge >= 0.3 is 11.8 Å². The van der Waals surface area contributed by atoms with Crippen molar-refractivity contribution >= 4 is 29.0 Å². The number of aliphatic hydroxyl groups excluding tert-OH is 1. The molecule has 0 aromatic rings. The molecule has 0 heterocycles. The van der Waals surface area contributed by atoms with Gasteiger partial charge in [0.1, 0.15) is 0 Å². The number of amides is 2. The second kappa shape index (κ2) is 5.76. The smallest absolute Gasteiger partial charge is 0.312 e. The molecule has 16 heavy (non-hydrogen) atoms. The molecule has 1 aliphatic carbocycles. The van der Waals surface area contributed by atoms with Crippen molar-refractivity contribution < 1.29 is 14.7 Å². The molecule has 1 saturated carbocycles. The first-order valence-corrected chi connectivity index (χ1v) is 5.45. The molecule has 0 spiro atoms.